The van der Waals surface area contributed by atoms with Crippen LogP contribution in [0, 0.1) is 0 Å². The van der Waals surface area contributed by atoms with Crippen LogP contribution in [0.1, 0.15) is 6.42 Å². The van der Waals surface area contributed by atoms with E-state index in [2.05, 4.69) is 5.32 Å². The number of amides is 1. The Kier molecular flexibility index (Phi) is 2.98. The molecule has 6 heteroatoms. The summed E-state index contributed by atoms with van der Waals surface area (Å²) < 4.78 is 20.5. The van der Waals surface area contributed by atoms with Gasteiger partial charge in [0.2, 0.25) is 17.7 Å². The van der Waals surface area contributed by atoms with E-state index in [1.54, 1.807) is 0 Å². The lowest BCUT2D eigenvalue weighted by molar-refractivity contribution is -0.110. The van der Waals surface area contributed by atoms with Crippen molar-refractivity contribution in [2.75, 3.05) is 13.1 Å². The van der Waals surface area contributed by atoms with Crippen LogP contribution < -0.4 is 5.32 Å². The summed E-state index contributed by atoms with van der Waals surface area (Å²) in [6, 6.07) is 0.0311. The van der Waals surface area contributed by atoms with Crippen molar-refractivity contribution in [3.8, 4) is 0 Å². The molecule has 0 bridgehead atoms. The van der Waals surface area contributed by atoms with E-state index in [0.717, 1.165) is 6.42 Å². The minimum Gasteiger partial charge on any atom is -0.355 e. The van der Waals surface area contributed by atoms with E-state index in [0.29, 0.717) is 19.5 Å². The molecule has 0 saturated carbocycles. The molecule has 1 aliphatic heterocycles. The summed E-state index contributed by atoms with van der Waals surface area (Å²) in [7, 11) is 0. The first-order valence-corrected chi connectivity index (χ1v) is 4.36. The van der Waals surface area contributed by atoms with Gasteiger partial charge in [-0.05, 0) is 6.42 Å². The van der Waals surface area contributed by atoms with Crippen molar-refractivity contribution in [1.29, 1.82) is 0 Å². The normalized spacial score (nSPS) is 28.3. The van der Waals surface area contributed by atoms with Crippen molar-refractivity contribution < 1.29 is 13.6 Å². The molecular formula is C5H10N2O3S. The highest BCUT2D eigenvalue weighted by atomic mass is 32.2. The molecule has 1 fully saturated rings. The summed E-state index contributed by atoms with van der Waals surface area (Å²) in [5, 5.41) is 2.56. The summed E-state index contributed by atoms with van der Waals surface area (Å²) in [6.45, 7) is 1.02. The van der Waals surface area contributed by atoms with E-state index < -0.39 is 11.3 Å². The molecule has 2 atom stereocenters. The highest BCUT2D eigenvalue weighted by Crippen LogP contribution is 2.09. The highest BCUT2D eigenvalue weighted by Gasteiger charge is 2.24. The predicted octanol–water partition coefficient (Wildman–Crippen LogP) is -1.06. The van der Waals surface area contributed by atoms with Crippen LogP contribution in [0.15, 0.2) is 0 Å². The van der Waals surface area contributed by atoms with Crippen LogP contribution in [0.2, 0.25) is 0 Å². The first-order chi connectivity index (χ1) is 5.24. The summed E-state index contributed by atoms with van der Waals surface area (Å²) in [5.74, 6) is 0. The Morgan fingerprint density at radius 2 is 2.45 bits per heavy atom. The number of hydrogen-bond donors (Lipinski definition) is 2. The van der Waals surface area contributed by atoms with Crippen LogP contribution in [-0.2, 0) is 16.1 Å². The number of hydrogen-bond acceptors (Lipinski definition) is 2. The van der Waals surface area contributed by atoms with Gasteiger partial charge in [-0.2, -0.15) is 4.31 Å². The smallest absolute Gasteiger partial charge is 0.234 e. The highest BCUT2D eigenvalue weighted by molar-refractivity contribution is 7.76. The monoisotopic (exact) mass is 178 g/mol. The third-order valence-electron chi connectivity index (χ3n) is 1.68. The fourth-order valence-corrected chi connectivity index (χ4v) is 1.67. The number of nitrogens with one attached hydrogen (secondary N) is 1. The van der Waals surface area contributed by atoms with E-state index in [9.17, 15) is 9.00 Å². The Morgan fingerprint density at radius 3 is 2.91 bits per heavy atom. The zero-order chi connectivity index (χ0) is 8.27. The van der Waals surface area contributed by atoms with Gasteiger partial charge in [-0.25, -0.2) is 4.21 Å². The van der Waals surface area contributed by atoms with Crippen molar-refractivity contribution >= 4 is 17.7 Å². The predicted molar refractivity (Wildman–Crippen MR) is 39.9 cm³/mol. The third kappa shape index (κ3) is 2.25. The number of carbonyl (C=O) groups is 1. The van der Waals surface area contributed by atoms with Gasteiger partial charge in [-0.1, -0.05) is 0 Å². The lowest BCUT2D eigenvalue weighted by atomic mass is 10.3. The molecule has 2 unspecified atom stereocenters. The molecular weight excluding hydrogens is 168 g/mol. The Morgan fingerprint density at radius 1 is 1.73 bits per heavy atom. The molecule has 0 aromatic carbocycles. The molecule has 0 aromatic heterocycles. The first-order valence-electron chi connectivity index (χ1n) is 3.29. The zero-order valence-electron chi connectivity index (χ0n) is 5.90. The standard InChI is InChI=1S/C5H10N2O3S/c8-4-6-5-1-2-7(3-5)11(9)10/h4-5H,1-3H2,(H,6,8)(H,9,10). The van der Waals surface area contributed by atoms with E-state index in [1.807, 2.05) is 0 Å². The lowest BCUT2D eigenvalue weighted by Gasteiger charge is -2.09. The zero-order valence-corrected chi connectivity index (χ0v) is 6.71. The van der Waals surface area contributed by atoms with Gasteiger partial charge in [0.1, 0.15) is 0 Å². The minimum atomic E-state index is -1.89. The van der Waals surface area contributed by atoms with Gasteiger partial charge in [0, 0.05) is 19.1 Å². The first kappa shape index (κ1) is 8.63. The van der Waals surface area contributed by atoms with Gasteiger partial charge in [-0.3, -0.25) is 9.35 Å². The van der Waals surface area contributed by atoms with Crippen LogP contribution >= 0.6 is 0 Å². The fraction of sp³-hybridized carbons (Fsp3) is 0.800. The Labute approximate surface area is 67.2 Å². The van der Waals surface area contributed by atoms with Gasteiger partial charge in [0.05, 0.1) is 0 Å². The largest absolute Gasteiger partial charge is 0.355 e. The summed E-state index contributed by atoms with van der Waals surface area (Å²) in [4.78, 5) is 9.97. The molecule has 0 aromatic rings. The Bertz CT molecular complexity index is 175. The van der Waals surface area contributed by atoms with E-state index >= 15 is 0 Å². The molecule has 1 amide bonds. The summed E-state index contributed by atoms with van der Waals surface area (Å²) in [6.07, 6.45) is 1.36. The second kappa shape index (κ2) is 3.80. The second-order valence-electron chi connectivity index (χ2n) is 2.39. The average molecular weight is 178 g/mol. The molecule has 1 rings (SSSR count). The topological polar surface area (TPSA) is 69.6 Å². The molecule has 0 spiro atoms. The van der Waals surface area contributed by atoms with Crippen LogP contribution in [0.5, 0.6) is 0 Å². The fourth-order valence-electron chi connectivity index (χ4n) is 1.10. The van der Waals surface area contributed by atoms with Crippen molar-refractivity contribution in [3.05, 3.63) is 0 Å². The molecule has 0 radical (unpaired) electrons. The Balaban J connectivity index is 2.34. The maximum absolute atomic E-state index is 10.5. The van der Waals surface area contributed by atoms with E-state index in [4.69, 9.17) is 4.55 Å². The maximum Gasteiger partial charge on any atom is 0.234 e. The SMILES string of the molecule is O=CNC1CCN(S(=O)O)C1. The quantitative estimate of drug-likeness (QED) is 0.427. The van der Waals surface area contributed by atoms with Crippen molar-refractivity contribution in [2.45, 2.75) is 12.5 Å². The molecule has 64 valence electrons. The van der Waals surface area contributed by atoms with E-state index in [1.165, 1.54) is 4.31 Å². The number of rotatable bonds is 3. The third-order valence-corrected chi connectivity index (χ3v) is 2.45. The van der Waals surface area contributed by atoms with Gasteiger partial charge >= 0.3 is 0 Å². The molecule has 5 nitrogen and oxygen atoms in total. The summed E-state index contributed by atoms with van der Waals surface area (Å²) in [5.41, 5.74) is 0. The average Bonchev–Trinajstić information content (AvgIpc) is 2.37. The van der Waals surface area contributed by atoms with Crippen molar-refractivity contribution in [3.63, 3.8) is 0 Å². The van der Waals surface area contributed by atoms with Gasteiger partial charge < -0.3 is 5.32 Å². The number of nitrogens with zero attached hydrogens (tertiary/aromatic N) is 1. The second-order valence-corrected chi connectivity index (χ2v) is 3.37. The van der Waals surface area contributed by atoms with Crippen molar-refractivity contribution in [2.24, 2.45) is 0 Å². The molecule has 1 aliphatic rings. The van der Waals surface area contributed by atoms with Crippen LogP contribution in [0.25, 0.3) is 0 Å². The van der Waals surface area contributed by atoms with Gasteiger partial charge in [0.25, 0.3) is 0 Å². The van der Waals surface area contributed by atoms with Gasteiger partial charge in [0.15, 0.2) is 0 Å². The van der Waals surface area contributed by atoms with Crippen molar-refractivity contribution in [1.82, 2.24) is 9.62 Å². The minimum absolute atomic E-state index is 0.0311. The lowest BCUT2D eigenvalue weighted by Crippen LogP contribution is -2.31. The molecule has 2 N–H and O–H groups in total. The molecule has 1 saturated heterocycles. The van der Waals surface area contributed by atoms with Crippen LogP contribution in [0.3, 0.4) is 0 Å². The summed E-state index contributed by atoms with van der Waals surface area (Å²) >= 11 is -1.89. The van der Waals surface area contributed by atoms with E-state index in [-0.39, 0.29) is 6.04 Å². The van der Waals surface area contributed by atoms with Crippen LogP contribution in [0.4, 0.5) is 0 Å². The maximum atomic E-state index is 10.5. The van der Waals surface area contributed by atoms with Crippen LogP contribution in [-0.4, -0.2) is 38.6 Å². The molecule has 0 aliphatic carbocycles. The van der Waals surface area contributed by atoms with Gasteiger partial charge in [-0.15, -0.1) is 0 Å². The molecule has 1 heterocycles. The Hall–Kier alpha value is -0.460. The number of carbonyl (C=O) groups excluding carboxylic acids is 1. The molecule has 11 heavy (non-hydrogen) atoms.